The van der Waals surface area contributed by atoms with Gasteiger partial charge in [-0.3, -0.25) is 0 Å². The monoisotopic (exact) mass is 424 g/mol. The summed E-state index contributed by atoms with van der Waals surface area (Å²) in [4.78, 5) is 16.3. The maximum atomic E-state index is 13.5. The summed E-state index contributed by atoms with van der Waals surface area (Å²) in [6.45, 7) is 1.36. The van der Waals surface area contributed by atoms with Crippen LogP contribution in [0.3, 0.4) is 0 Å². The van der Waals surface area contributed by atoms with Gasteiger partial charge in [0.25, 0.3) is 0 Å². The SMILES string of the molecule is CN(C[C@@H]1CCCC[C@H]1N(Cc1ccccc1)C(=O)O)[C@H]1CCc2cc(F)ccc2C1. The van der Waals surface area contributed by atoms with Crippen LogP contribution in [0.5, 0.6) is 0 Å². The van der Waals surface area contributed by atoms with E-state index in [1.165, 1.54) is 12.0 Å². The van der Waals surface area contributed by atoms with Crippen molar-refractivity contribution in [2.75, 3.05) is 13.6 Å². The predicted octanol–water partition coefficient (Wildman–Crippen LogP) is 5.35. The second kappa shape index (κ2) is 9.82. The van der Waals surface area contributed by atoms with Crippen molar-refractivity contribution in [2.45, 2.75) is 63.6 Å². The van der Waals surface area contributed by atoms with Crippen molar-refractivity contribution >= 4 is 6.09 Å². The number of aryl methyl sites for hydroxylation is 1. The van der Waals surface area contributed by atoms with Gasteiger partial charge in [-0.2, -0.15) is 0 Å². The highest BCUT2D eigenvalue weighted by atomic mass is 19.1. The highest BCUT2D eigenvalue weighted by Crippen LogP contribution is 2.32. The molecule has 0 unspecified atom stereocenters. The first-order chi connectivity index (χ1) is 15.0. The lowest BCUT2D eigenvalue weighted by Gasteiger charge is -2.42. The summed E-state index contributed by atoms with van der Waals surface area (Å²) in [5.41, 5.74) is 3.43. The molecular weight excluding hydrogens is 391 g/mol. The first kappa shape index (κ1) is 21.8. The molecule has 2 aliphatic rings. The van der Waals surface area contributed by atoms with Gasteiger partial charge in [0.05, 0.1) is 0 Å². The first-order valence-electron chi connectivity index (χ1n) is 11.5. The van der Waals surface area contributed by atoms with Crippen LogP contribution in [-0.4, -0.2) is 46.7 Å². The van der Waals surface area contributed by atoms with Gasteiger partial charge in [0.2, 0.25) is 0 Å². The van der Waals surface area contributed by atoms with E-state index in [1.54, 1.807) is 17.0 Å². The molecule has 2 aliphatic carbocycles. The predicted molar refractivity (Wildman–Crippen MR) is 121 cm³/mol. The summed E-state index contributed by atoms with van der Waals surface area (Å²) in [5.74, 6) is 0.191. The van der Waals surface area contributed by atoms with Crippen LogP contribution in [-0.2, 0) is 19.4 Å². The van der Waals surface area contributed by atoms with Crippen LogP contribution in [0.2, 0.25) is 0 Å². The van der Waals surface area contributed by atoms with Gasteiger partial charge >= 0.3 is 6.09 Å². The van der Waals surface area contributed by atoms with E-state index >= 15 is 0 Å². The highest BCUT2D eigenvalue weighted by Gasteiger charge is 2.35. The maximum Gasteiger partial charge on any atom is 0.407 e. The molecule has 31 heavy (non-hydrogen) atoms. The summed E-state index contributed by atoms with van der Waals surface area (Å²) in [7, 11) is 2.17. The third-order valence-corrected chi connectivity index (χ3v) is 7.23. The molecule has 3 atom stereocenters. The molecule has 2 aromatic rings. The van der Waals surface area contributed by atoms with E-state index in [4.69, 9.17) is 0 Å². The highest BCUT2D eigenvalue weighted by molar-refractivity contribution is 5.65. The van der Waals surface area contributed by atoms with E-state index in [9.17, 15) is 14.3 Å². The lowest BCUT2D eigenvalue weighted by molar-refractivity contribution is 0.0610. The summed E-state index contributed by atoms with van der Waals surface area (Å²) in [6.07, 6.45) is 6.31. The second-order valence-corrected chi connectivity index (χ2v) is 9.26. The minimum Gasteiger partial charge on any atom is -0.465 e. The van der Waals surface area contributed by atoms with E-state index in [2.05, 4.69) is 11.9 Å². The number of halogens is 1. The van der Waals surface area contributed by atoms with Crippen LogP contribution in [0.4, 0.5) is 9.18 Å². The molecule has 1 fully saturated rings. The van der Waals surface area contributed by atoms with E-state index < -0.39 is 6.09 Å². The number of fused-ring (bicyclic) bond motifs is 1. The number of carbonyl (C=O) groups is 1. The second-order valence-electron chi connectivity index (χ2n) is 9.26. The molecule has 0 aromatic heterocycles. The number of hydrogen-bond acceptors (Lipinski definition) is 2. The fourth-order valence-electron chi connectivity index (χ4n) is 5.52. The molecule has 0 radical (unpaired) electrons. The van der Waals surface area contributed by atoms with Crippen LogP contribution in [0, 0.1) is 11.7 Å². The molecule has 0 heterocycles. The third kappa shape index (κ3) is 5.27. The summed E-state index contributed by atoms with van der Waals surface area (Å²) >= 11 is 0. The minimum absolute atomic E-state index is 0.0545. The molecule has 4 nitrogen and oxygen atoms in total. The Morgan fingerprint density at radius 3 is 2.61 bits per heavy atom. The minimum atomic E-state index is -0.822. The molecule has 0 aliphatic heterocycles. The Morgan fingerprint density at radius 1 is 1.06 bits per heavy atom. The zero-order valence-electron chi connectivity index (χ0n) is 18.3. The maximum absolute atomic E-state index is 13.5. The molecule has 1 N–H and O–H groups in total. The summed E-state index contributed by atoms with van der Waals surface area (Å²) in [6, 6.07) is 15.5. The van der Waals surface area contributed by atoms with Gasteiger partial charge in [0.1, 0.15) is 5.82 Å². The molecule has 0 saturated heterocycles. The van der Waals surface area contributed by atoms with Crippen molar-refractivity contribution < 1.29 is 14.3 Å². The van der Waals surface area contributed by atoms with Gasteiger partial charge < -0.3 is 14.9 Å². The third-order valence-electron chi connectivity index (χ3n) is 7.23. The summed E-state index contributed by atoms with van der Waals surface area (Å²) in [5, 5.41) is 10.0. The Labute approximate surface area is 184 Å². The van der Waals surface area contributed by atoms with E-state index in [0.717, 1.165) is 56.2 Å². The quantitative estimate of drug-likeness (QED) is 0.679. The number of benzene rings is 2. The van der Waals surface area contributed by atoms with Gasteiger partial charge in [-0.25, -0.2) is 9.18 Å². The van der Waals surface area contributed by atoms with E-state index in [0.29, 0.717) is 18.5 Å². The van der Waals surface area contributed by atoms with Gasteiger partial charge in [-0.1, -0.05) is 49.2 Å². The molecule has 0 spiro atoms. The van der Waals surface area contributed by atoms with Crippen LogP contribution in [0.1, 0.15) is 48.8 Å². The van der Waals surface area contributed by atoms with Crippen molar-refractivity contribution in [3.05, 3.63) is 71.0 Å². The lowest BCUT2D eigenvalue weighted by Crippen LogP contribution is -2.49. The zero-order valence-corrected chi connectivity index (χ0v) is 18.3. The number of rotatable bonds is 6. The molecule has 4 rings (SSSR count). The molecule has 1 saturated carbocycles. The average Bonchev–Trinajstić information content (AvgIpc) is 2.78. The number of likely N-dealkylation sites (N-methyl/N-ethyl adjacent to an activating group) is 1. The van der Waals surface area contributed by atoms with Crippen molar-refractivity contribution in [1.29, 1.82) is 0 Å². The standard InChI is InChI=1S/C26H33FN2O2/c1-28(24-14-12-20-15-23(27)13-11-21(20)16-24)18-22-9-5-6-10-25(22)29(26(30)31)17-19-7-3-2-4-8-19/h2-4,7-8,11,13,15,22,24-25H,5-6,9-10,12,14,16-18H2,1H3,(H,30,31)/t22-,24-,25+/m0/s1. The van der Waals surface area contributed by atoms with E-state index in [1.807, 2.05) is 36.4 Å². The van der Waals surface area contributed by atoms with Crippen molar-refractivity contribution in [3.8, 4) is 0 Å². The Kier molecular flexibility index (Phi) is 6.91. The average molecular weight is 425 g/mol. The largest absolute Gasteiger partial charge is 0.465 e. The Morgan fingerprint density at radius 2 is 1.84 bits per heavy atom. The number of nitrogens with zero attached hydrogens (tertiary/aromatic N) is 2. The lowest BCUT2D eigenvalue weighted by atomic mass is 9.82. The van der Waals surface area contributed by atoms with Gasteiger partial charge in [-0.05, 0) is 73.9 Å². The first-order valence-corrected chi connectivity index (χ1v) is 11.5. The molecular formula is C26H33FN2O2. The molecule has 2 aromatic carbocycles. The van der Waals surface area contributed by atoms with Crippen LogP contribution < -0.4 is 0 Å². The van der Waals surface area contributed by atoms with Gasteiger partial charge in [-0.15, -0.1) is 0 Å². The number of amides is 1. The van der Waals surface area contributed by atoms with Crippen LogP contribution in [0.15, 0.2) is 48.5 Å². The molecule has 5 heteroatoms. The molecule has 0 bridgehead atoms. The van der Waals surface area contributed by atoms with Crippen molar-refractivity contribution in [3.63, 3.8) is 0 Å². The van der Waals surface area contributed by atoms with Gasteiger partial charge in [0, 0.05) is 25.2 Å². The Hall–Kier alpha value is -2.40. The molecule has 1 amide bonds. The Bertz CT molecular complexity index is 888. The van der Waals surface area contributed by atoms with E-state index in [-0.39, 0.29) is 11.9 Å². The number of hydrogen-bond donors (Lipinski definition) is 1. The number of carboxylic acid groups (broad SMARTS) is 1. The van der Waals surface area contributed by atoms with Crippen molar-refractivity contribution in [1.82, 2.24) is 9.80 Å². The fraction of sp³-hybridized carbons (Fsp3) is 0.500. The van der Waals surface area contributed by atoms with Crippen LogP contribution in [0.25, 0.3) is 0 Å². The fourth-order valence-corrected chi connectivity index (χ4v) is 5.52. The summed E-state index contributed by atoms with van der Waals surface area (Å²) < 4.78 is 13.5. The Balaban J connectivity index is 1.44. The topological polar surface area (TPSA) is 43.8 Å². The van der Waals surface area contributed by atoms with Crippen LogP contribution >= 0.6 is 0 Å². The van der Waals surface area contributed by atoms with Gasteiger partial charge in [0.15, 0.2) is 0 Å². The zero-order chi connectivity index (χ0) is 21.8. The smallest absolute Gasteiger partial charge is 0.407 e. The molecule has 166 valence electrons. The van der Waals surface area contributed by atoms with Crippen molar-refractivity contribution in [2.24, 2.45) is 5.92 Å². The normalized spacial score (nSPS) is 23.4.